The lowest BCUT2D eigenvalue weighted by Gasteiger charge is -2.21. The molecule has 1 aromatic heterocycles. The predicted octanol–water partition coefficient (Wildman–Crippen LogP) is 2.44. The molecule has 2 rings (SSSR count). The molecule has 1 aromatic carbocycles. The molecule has 1 amide bonds. The highest BCUT2D eigenvalue weighted by molar-refractivity contribution is 6.03. The maximum Gasteiger partial charge on any atom is 0.338 e. The van der Waals surface area contributed by atoms with Gasteiger partial charge < -0.3 is 10.0 Å². The summed E-state index contributed by atoms with van der Waals surface area (Å²) in [5.41, 5.74) is 0.886. The molecule has 21 heavy (non-hydrogen) atoms. The van der Waals surface area contributed by atoms with E-state index in [2.05, 4.69) is 4.98 Å². The summed E-state index contributed by atoms with van der Waals surface area (Å²) in [5, 5.41) is 9.15. The molecule has 2 aromatic rings. The van der Waals surface area contributed by atoms with Crippen LogP contribution < -0.4 is 0 Å². The number of carbonyl (C=O) groups excluding carboxylic acids is 1. The number of hydrogen-bond donors (Lipinski definition) is 1. The third-order valence-electron chi connectivity index (χ3n) is 3.13. The summed E-state index contributed by atoms with van der Waals surface area (Å²) in [6.45, 7) is 2.75. The van der Waals surface area contributed by atoms with Gasteiger partial charge in [0.05, 0.1) is 5.56 Å². The maximum absolute atomic E-state index is 12.5. The highest BCUT2D eigenvalue weighted by Gasteiger charge is 2.22. The number of carbonyl (C=O) groups is 2. The lowest BCUT2D eigenvalue weighted by molar-refractivity contribution is 0.0671. The monoisotopic (exact) mass is 284 g/mol. The van der Waals surface area contributed by atoms with E-state index in [1.54, 1.807) is 4.90 Å². The molecule has 0 bridgehead atoms. The Morgan fingerprint density at radius 1 is 1.14 bits per heavy atom. The van der Waals surface area contributed by atoms with E-state index in [4.69, 9.17) is 5.11 Å². The van der Waals surface area contributed by atoms with Gasteiger partial charge in [-0.3, -0.25) is 9.78 Å². The van der Waals surface area contributed by atoms with Crippen molar-refractivity contribution in [2.24, 2.45) is 0 Å². The third kappa shape index (κ3) is 3.45. The van der Waals surface area contributed by atoms with Crippen LogP contribution in [0.3, 0.4) is 0 Å². The number of rotatable bonds is 5. The van der Waals surface area contributed by atoms with E-state index < -0.39 is 5.97 Å². The molecule has 5 heteroatoms. The first-order chi connectivity index (χ1) is 10.1. The van der Waals surface area contributed by atoms with Crippen molar-refractivity contribution < 1.29 is 14.7 Å². The molecule has 0 radical (unpaired) electrons. The first-order valence-corrected chi connectivity index (χ1v) is 6.65. The summed E-state index contributed by atoms with van der Waals surface area (Å²) in [6, 6.07) is 12.4. The normalized spacial score (nSPS) is 10.1. The zero-order valence-electron chi connectivity index (χ0n) is 11.7. The van der Waals surface area contributed by atoms with Crippen molar-refractivity contribution in [1.82, 2.24) is 9.88 Å². The van der Waals surface area contributed by atoms with Crippen molar-refractivity contribution >= 4 is 11.9 Å². The van der Waals surface area contributed by atoms with Gasteiger partial charge in [-0.15, -0.1) is 0 Å². The number of hydrogen-bond acceptors (Lipinski definition) is 3. The van der Waals surface area contributed by atoms with Crippen LogP contribution >= 0.6 is 0 Å². The maximum atomic E-state index is 12.5. The lowest BCUT2D eigenvalue weighted by Crippen LogP contribution is -2.32. The Balaban J connectivity index is 2.27. The van der Waals surface area contributed by atoms with Gasteiger partial charge in [0, 0.05) is 19.3 Å². The molecule has 0 spiro atoms. The fourth-order valence-corrected chi connectivity index (χ4v) is 2.03. The van der Waals surface area contributed by atoms with Crippen molar-refractivity contribution in [3.05, 3.63) is 65.5 Å². The van der Waals surface area contributed by atoms with Crippen molar-refractivity contribution in [1.29, 1.82) is 0 Å². The van der Waals surface area contributed by atoms with E-state index in [1.165, 1.54) is 18.3 Å². The Kier molecular flexibility index (Phi) is 4.66. The number of aromatic carboxylic acids is 1. The Hall–Kier alpha value is -2.69. The Morgan fingerprint density at radius 3 is 2.48 bits per heavy atom. The van der Waals surface area contributed by atoms with Crippen LogP contribution in [0.1, 0.15) is 33.3 Å². The summed E-state index contributed by atoms with van der Waals surface area (Å²) in [6.07, 6.45) is 1.43. The zero-order chi connectivity index (χ0) is 15.2. The van der Waals surface area contributed by atoms with Crippen LogP contribution in [0.15, 0.2) is 48.7 Å². The molecule has 0 atom stereocenters. The first kappa shape index (κ1) is 14.7. The standard InChI is InChI=1S/C16H16N2O3/c1-2-18(11-12-7-4-3-5-8-12)15(19)14-13(16(20)21)9-6-10-17-14/h3-10H,2,11H2,1H3,(H,20,21). The highest BCUT2D eigenvalue weighted by atomic mass is 16.4. The summed E-state index contributed by atoms with van der Waals surface area (Å²) < 4.78 is 0. The molecule has 0 aliphatic rings. The number of pyridine rings is 1. The lowest BCUT2D eigenvalue weighted by atomic mass is 10.1. The van der Waals surface area contributed by atoms with Crippen LogP contribution in [0.4, 0.5) is 0 Å². The van der Waals surface area contributed by atoms with E-state index in [1.807, 2.05) is 37.3 Å². The Morgan fingerprint density at radius 2 is 1.86 bits per heavy atom. The van der Waals surface area contributed by atoms with Crippen molar-refractivity contribution in [2.45, 2.75) is 13.5 Å². The van der Waals surface area contributed by atoms with Crippen LogP contribution in [0.2, 0.25) is 0 Å². The van der Waals surface area contributed by atoms with Gasteiger partial charge in [0.1, 0.15) is 5.69 Å². The van der Waals surface area contributed by atoms with E-state index in [-0.39, 0.29) is 17.2 Å². The molecule has 1 heterocycles. The second kappa shape index (κ2) is 6.65. The number of nitrogens with zero attached hydrogens (tertiary/aromatic N) is 2. The third-order valence-corrected chi connectivity index (χ3v) is 3.13. The van der Waals surface area contributed by atoms with Gasteiger partial charge in [0.15, 0.2) is 0 Å². The van der Waals surface area contributed by atoms with Gasteiger partial charge in [0.25, 0.3) is 5.91 Å². The SMILES string of the molecule is CCN(Cc1ccccc1)C(=O)c1ncccc1C(=O)O. The van der Waals surface area contributed by atoms with Gasteiger partial charge >= 0.3 is 5.97 Å². The second-order valence-electron chi connectivity index (χ2n) is 4.51. The van der Waals surface area contributed by atoms with Crippen molar-refractivity contribution in [2.75, 3.05) is 6.54 Å². The molecule has 0 fully saturated rings. The average molecular weight is 284 g/mol. The Bertz CT molecular complexity index is 641. The van der Waals surface area contributed by atoms with E-state index in [0.717, 1.165) is 5.56 Å². The van der Waals surface area contributed by atoms with Gasteiger partial charge in [-0.25, -0.2) is 4.79 Å². The largest absolute Gasteiger partial charge is 0.478 e. The van der Waals surface area contributed by atoms with E-state index >= 15 is 0 Å². The average Bonchev–Trinajstić information content (AvgIpc) is 2.53. The van der Waals surface area contributed by atoms with E-state index in [9.17, 15) is 9.59 Å². The topological polar surface area (TPSA) is 70.5 Å². The molecule has 1 N–H and O–H groups in total. The quantitative estimate of drug-likeness (QED) is 0.915. The van der Waals surface area contributed by atoms with Gasteiger partial charge in [0.2, 0.25) is 0 Å². The Labute approximate surface area is 122 Å². The van der Waals surface area contributed by atoms with Crippen LogP contribution in [0.5, 0.6) is 0 Å². The fourth-order valence-electron chi connectivity index (χ4n) is 2.03. The molecular formula is C16H16N2O3. The van der Waals surface area contributed by atoms with Crippen molar-refractivity contribution in [3.8, 4) is 0 Å². The molecule has 0 unspecified atom stereocenters. The van der Waals surface area contributed by atoms with Crippen LogP contribution in [-0.2, 0) is 6.54 Å². The molecular weight excluding hydrogens is 268 g/mol. The number of amides is 1. The van der Waals surface area contributed by atoms with Gasteiger partial charge in [-0.1, -0.05) is 30.3 Å². The zero-order valence-corrected chi connectivity index (χ0v) is 11.7. The van der Waals surface area contributed by atoms with Gasteiger partial charge in [-0.05, 0) is 24.6 Å². The molecule has 0 aliphatic carbocycles. The highest BCUT2D eigenvalue weighted by Crippen LogP contribution is 2.12. The fraction of sp³-hybridized carbons (Fsp3) is 0.188. The molecule has 108 valence electrons. The minimum Gasteiger partial charge on any atom is -0.478 e. The molecule has 0 saturated carbocycles. The molecule has 0 aliphatic heterocycles. The summed E-state index contributed by atoms with van der Waals surface area (Å²) >= 11 is 0. The summed E-state index contributed by atoms with van der Waals surface area (Å²) in [7, 11) is 0. The van der Waals surface area contributed by atoms with Crippen LogP contribution in [0.25, 0.3) is 0 Å². The van der Waals surface area contributed by atoms with Crippen LogP contribution in [0, 0.1) is 0 Å². The van der Waals surface area contributed by atoms with Crippen LogP contribution in [-0.4, -0.2) is 33.4 Å². The number of benzene rings is 1. The minimum atomic E-state index is -1.15. The molecule has 5 nitrogen and oxygen atoms in total. The summed E-state index contributed by atoms with van der Waals surface area (Å²) in [5.74, 6) is -1.53. The minimum absolute atomic E-state index is 0.0252. The van der Waals surface area contributed by atoms with E-state index in [0.29, 0.717) is 13.1 Å². The number of carboxylic acid groups (broad SMARTS) is 1. The second-order valence-corrected chi connectivity index (χ2v) is 4.51. The van der Waals surface area contributed by atoms with Gasteiger partial charge in [-0.2, -0.15) is 0 Å². The number of carboxylic acids is 1. The molecule has 0 saturated heterocycles. The predicted molar refractivity (Wildman–Crippen MR) is 78.1 cm³/mol. The number of aromatic nitrogens is 1. The smallest absolute Gasteiger partial charge is 0.338 e. The first-order valence-electron chi connectivity index (χ1n) is 6.65. The summed E-state index contributed by atoms with van der Waals surface area (Å²) in [4.78, 5) is 29.2. The van der Waals surface area contributed by atoms with Crippen molar-refractivity contribution in [3.63, 3.8) is 0 Å².